The number of hydrogen-bond donors (Lipinski definition) is 1. The predicted octanol–water partition coefficient (Wildman–Crippen LogP) is 6.42. The fraction of sp³-hybridized carbons (Fsp3) is 0.130. The van der Waals surface area contributed by atoms with Gasteiger partial charge in [0.1, 0.15) is 6.61 Å². The van der Waals surface area contributed by atoms with Crippen molar-refractivity contribution in [3.63, 3.8) is 0 Å². The molecule has 5 nitrogen and oxygen atoms in total. The molecular weight excluding hydrogens is 503 g/mol. The Morgan fingerprint density at radius 1 is 1.13 bits per heavy atom. The van der Waals surface area contributed by atoms with Crippen LogP contribution in [0.3, 0.4) is 0 Å². The molecule has 0 aromatic heterocycles. The monoisotopic (exact) mass is 520 g/mol. The molecule has 0 radical (unpaired) electrons. The van der Waals surface area contributed by atoms with Crippen LogP contribution < -0.4 is 14.9 Å². The first-order valence-corrected chi connectivity index (χ1v) is 10.8. The Bertz CT molecular complexity index is 1120. The maximum atomic E-state index is 12.3. The molecule has 0 spiro atoms. The molecule has 1 amide bonds. The van der Waals surface area contributed by atoms with Crippen LogP contribution in [-0.2, 0) is 6.61 Å². The van der Waals surface area contributed by atoms with Crippen LogP contribution in [0.15, 0.2) is 64.2 Å². The smallest absolute Gasteiger partial charge is 0.272 e. The molecule has 0 aliphatic carbocycles. The lowest BCUT2D eigenvalue weighted by atomic mass is 10.1. The van der Waals surface area contributed by atoms with Crippen LogP contribution in [0, 0.1) is 6.92 Å². The lowest BCUT2D eigenvalue weighted by Gasteiger charge is -2.13. The lowest BCUT2D eigenvalue weighted by molar-refractivity contribution is 0.0955. The van der Waals surface area contributed by atoms with Gasteiger partial charge >= 0.3 is 0 Å². The van der Waals surface area contributed by atoms with Gasteiger partial charge in [-0.3, -0.25) is 4.79 Å². The third-order valence-electron chi connectivity index (χ3n) is 4.30. The summed E-state index contributed by atoms with van der Waals surface area (Å²) >= 11 is 15.5. The molecule has 3 aromatic carbocycles. The van der Waals surface area contributed by atoms with Crippen molar-refractivity contribution in [1.82, 2.24) is 5.43 Å². The number of methoxy groups -OCH3 is 1. The molecular formula is C23H19BrCl2N2O3. The van der Waals surface area contributed by atoms with Gasteiger partial charge in [0.15, 0.2) is 11.5 Å². The summed E-state index contributed by atoms with van der Waals surface area (Å²) in [6, 6.07) is 16.2. The number of amides is 1. The van der Waals surface area contributed by atoms with Gasteiger partial charge < -0.3 is 9.47 Å². The van der Waals surface area contributed by atoms with Crippen LogP contribution in [-0.4, -0.2) is 19.2 Å². The van der Waals surface area contributed by atoms with Gasteiger partial charge in [0.05, 0.1) is 28.4 Å². The molecule has 3 aromatic rings. The lowest BCUT2D eigenvalue weighted by Crippen LogP contribution is -2.18. The molecule has 0 aliphatic rings. The molecule has 0 heterocycles. The summed E-state index contributed by atoms with van der Waals surface area (Å²) in [6.45, 7) is 2.26. The van der Waals surface area contributed by atoms with Crippen LogP contribution >= 0.6 is 39.1 Å². The SMILES string of the molecule is COc1cc(/C=N\NC(=O)c2ccc(C)cc2Cl)cc(Br)c1OCc1ccc(Cl)cc1. The Labute approximate surface area is 199 Å². The van der Waals surface area contributed by atoms with E-state index in [0.29, 0.717) is 43.8 Å². The van der Waals surface area contributed by atoms with Gasteiger partial charge in [-0.2, -0.15) is 5.10 Å². The van der Waals surface area contributed by atoms with Gasteiger partial charge in [-0.15, -0.1) is 0 Å². The first-order valence-electron chi connectivity index (χ1n) is 9.21. The van der Waals surface area contributed by atoms with E-state index in [1.807, 2.05) is 43.3 Å². The second-order valence-electron chi connectivity index (χ2n) is 6.63. The normalized spacial score (nSPS) is 10.9. The number of halogens is 3. The first-order chi connectivity index (χ1) is 14.9. The van der Waals surface area contributed by atoms with Gasteiger partial charge in [0.2, 0.25) is 0 Å². The standard InChI is InChI=1S/C23H19BrCl2N2O3/c1-14-3-8-18(20(26)9-14)23(29)28-27-12-16-10-19(24)22(21(11-16)30-2)31-13-15-4-6-17(25)7-5-15/h3-12H,13H2,1-2H3,(H,28,29)/b27-12-. The van der Waals surface area contributed by atoms with E-state index in [4.69, 9.17) is 32.7 Å². The zero-order valence-corrected chi connectivity index (χ0v) is 19.9. The van der Waals surface area contributed by atoms with Crippen LogP contribution in [0.2, 0.25) is 10.0 Å². The van der Waals surface area contributed by atoms with Crippen LogP contribution in [0.25, 0.3) is 0 Å². The van der Waals surface area contributed by atoms with E-state index in [-0.39, 0.29) is 0 Å². The van der Waals surface area contributed by atoms with Crippen molar-refractivity contribution in [1.29, 1.82) is 0 Å². The second kappa shape index (κ2) is 10.7. The number of nitrogens with zero attached hydrogens (tertiary/aromatic N) is 1. The van der Waals surface area contributed by atoms with Crippen molar-refractivity contribution in [2.24, 2.45) is 5.10 Å². The summed E-state index contributed by atoms with van der Waals surface area (Å²) in [4.78, 5) is 12.3. The minimum atomic E-state index is -0.393. The van der Waals surface area contributed by atoms with E-state index >= 15 is 0 Å². The van der Waals surface area contributed by atoms with Crippen molar-refractivity contribution in [3.05, 3.63) is 91.4 Å². The van der Waals surface area contributed by atoms with Crippen molar-refractivity contribution in [2.45, 2.75) is 13.5 Å². The summed E-state index contributed by atoms with van der Waals surface area (Å²) in [5, 5.41) is 5.06. The molecule has 0 unspecified atom stereocenters. The van der Waals surface area contributed by atoms with Gasteiger partial charge in [-0.25, -0.2) is 5.43 Å². The van der Waals surface area contributed by atoms with E-state index < -0.39 is 5.91 Å². The predicted molar refractivity (Wildman–Crippen MR) is 128 cm³/mol. The molecule has 3 rings (SSSR count). The summed E-state index contributed by atoms with van der Waals surface area (Å²) < 4.78 is 12.1. The van der Waals surface area contributed by atoms with E-state index in [9.17, 15) is 4.79 Å². The number of rotatable bonds is 7. The summed E-state index contributed by atoms with van der Waals surface area (Å²) in [5.74, 6) is 0.693. The highest BCUT2D eigenvalue weighted by atomic mass is 79.9. The Morgan fingerprint density at radius 3 is 2.55 bits per heavy atom. The Kier molecular flexibility index (Phi) is 7.96. The third kappa shape index (κ3) is 6.23. The minimum Gasteiger partial charge on any atom is -0.493 e. The maximum absolute atomic E-state index is 12.3. The third-order valence-corrected chi connectivity index (χ3v) is 5.45. The van der Waals surface area contributed by atoms with Crippen LogP contribution in [0.5, 0.6) is 11.5 Å². The highest BCUT2D eigenvalue weighted by molar-refractivity contribution is 9.10. The number of hydrogen-bond acceptors (Lipinski definition) is 4. The van der Waals surface area contributed by atoms with Gasteiger partial charge in [-0.1, -0.05) is 41.4 Å². The number of nitrogens with one attached hydrogen (secondary N) is 1. The van der Waals surface area contributed by atoms with E-state index in [0.717, 1.165) is 11.1 Å². The average molecular weight is 522 g/mol. The van der Waals surface area contributed by atoms with Crippen LogP contribution in [0.1, 0.15) is 27.0 Å². The number of benzene rings is 3. The highest BCUT2D eigenvalue weighted by Crippen LogP contribution is 2.37. The Morgan fingerprint density at radius 2 is 1.87 bits per heavy atom. The molecule has 0 bridgehead atoms. The van der Waals surface area contributed by atoms with Crippen LogP contribution in [0.4, 0.5) is 0 Å². The topological polar surface area (TPSA) is 59.9 Å². The van der Waals surface area contributed by atoms with Crippen molar-refractivity contribution in [2.75, 3.05) is 7.11 Å². The summed E-state index contributed by atoms with van der Waals surface area (Å²) in [5.41, 5.74) is 5.49. The molecule has 0 aliphatic heterocycles. The number of aryl methyl sites for hydroxylation is 1. The molecule has 0 saturated carbocycles. The van der Waals surface area contributed by atoms with Crippen molar-refractivity contribution >= 4 is 51.3 Å². The Hall–Kier alpha value is -2.54. The molecule has 1 N–H and O–H groups in total. The van der Waals surface area contributed by atoms with E-state index in [1.165, 1.54) is 6.21 Å². The summed E-state index contributed by atoms with van der Waals surface area (Å²) in [6.07, 6.45) is 1.51. The second-order valence-corrected chi connectivity index (χ2v) is 8.33. The number of ether oxygens (including phenoxy) is 2. The van der Waals surface area contributed by atoms with Crippen molar-refractivity contribution in [3.8, 4) is 11.5 Å². The fourth-order valence-electron chi connectivity index (χ4n) is 2.72. The molecule has 0 saturated heterocycles. The number of hydrazone groups is 1. The van der Waals surface area contributed by atoms with Gasteiger partial charge in [-0.05, 0) is 75.9 Å². The molecule has 160 valence electrons. The Balaban J connectivity index is 1.69. The quantitative estimate of drug-likeness (QED) is 0.288. The maximum Gasteiger partial charge on any atom is 0.272 e. The largest absolute Gasteiger partial charge is 0.493 e. The fourth-order valence-corrected chi connectivity index (χ4v) is 3.74. The van der Waals surface area contributed by atoms with Crippen molar-refractivity contribution < 1.29 is 14.3 Å². The zero-order valence-electron chi connectivity index (χ0n) is 16.8. The first kappa shape index (κ1) is 23.1. The van der Waals surface area contributed by atoms with Gasteiger partial charge in [0.25, 0.3) is 5.91 Å². The highest BCUT2D eigenvalue weighted by Gasteiger charge is 2.12. The number of carbonyl (C=O) groups is 1. The molecule has 31 heavy (non-hydrogen) atoms. The molecule has 8 heteroatoms. The van der Waals surface area contributed by atoms with Gasteiger partial charge in [0, 0.05) is 5.02 Å². The van der Waals surface area contributed by atoms with E-state index in [2.05, 4.69) is 26.5 Å². The van der Waals surface area contributed by atoms with E-state index in [1.54, 1.807) is 25.3 Å². The molecule has 0 atom stereocenters. The molecule has 0 fully saturated rings. The average Bonchev–Trinajstić information content (AvgIpc) is 2.73. The number of carbonyl (C=O) groups excluding carboxylic acids is 1. The summed E-state index contributed by atoms with van der Waals surface area (Å²) in [7, 11) is 1.55. The minimum absolute atomic E-state index is 0.354. The zero-order chi connectivity index (χ0) is 22.4.